The summed E-state index contributed by atoms with van der Waals surface area (Å²) in [6.07, 6.45) is -0.906. The van der Waals surface area contributed by atoms with Crippen LogP contribution in [0.4, 0.5) is 0 Å². The van der Waals surface area contributed by atoms with E-state index in [1.54, 1.807) is 19.2 Å². The number of carboxylic acids is 1. The summed E-state index contributed by atoms with van der Waals surface area (Å²) in [5.41, 5.74) is 0. The number of halogens is 2. The van der Waals surface area contributed by atoms with Gasteiger partial charge in [0.1, 0.15) is 11.5 Å². The molecule has 0 aliphatic carbocycles. The van der Waals surface area contributed by atoms with Gasteiger partial charge in [0.25, 0.3) is 0 Å². The Bertz CT molecular complexity index is 406. The third kappa shape index (κ3) is 3.12. The average Bonchev–Trinajstić information content (AvgIpc) is 2.22. The normalized spacial score (nSPS) is 12.0. The number of carbonyl (C=O) groups is 1. The predicted molar refractivity (Wildman–Crippen MR) is 66.1 cm³/mol. The van der Waals surface area contributed by atoms with Crippen LogP contribution in [0.5, 0.6) is 11.5 Å². The number of methoxy groups -OCH3 is 1. The highest BCUT2D eigenvalue weighted by Crippen LogP contribution is 2.36. The third-order valence-electron chi connectivity index (χ3n) is 1.86. The van der Waals surface area contributed by atoms with E-state index in [0.29, 0.717) is 20.4 Å². The molecule has 0 aliphatic rings. The van der Waals surface area contributed by atoms with Crippen molar-refractivity contribution in [2.75, 3.05) is 7.11 Å². The molecule has 4 nitrogen and oxygen atoms in total. The van der Waals surface area contributed by atoms with Crippen LogP contribution in [0.1, 0.15) is 6.92 Å². The quantitative estimate of drug-likeness (QED) is 0.903. The minimum Gasteiger partial charge on any atom is -0.496 e. The van der Waals surface area contributed by atoms with E-state index in [0.717, 1.165) is 0 Å². The summed E-state index contributed by atoms with van der Waals surface area (Å²) in [7, 11) is 1.55. The zero-order valence-corrected chi connectivity index (χ0v) is 11.8. The topological polar surface area (TPSA) is 55.8 Å². The Kier molecular flexibility index (Phi) is 4.61. The second-order valence-corrected chi connectivity index (χ2v) is 4.72. The van der Waals surface area contributed by atoms with Gasteiger partial charge in [-0.05, 0) is 50.9 Å². The molecular weight excluding hydrogens is 344 g/mol. The fraction of sp³-hybridized carbons (Fsp3) is 0.300. The van der Waals surface area contributed by atoms with Crippen LogP contribution in [0.3, 0.4) is 0 Å². The highest BCUT2D eigenvalue weighted by Gasteiger charge is 2.15. The van der Waals surface area contributed by atoms with Crippen molar-refractivity contribution in [3.8, 4) is 11.5 Å². The molecule has 0 saturated heterocycles. The summed E-state index contributed by atoms with van der Waals surface area (Å²) < 4.78 is 11.7. The molecule has 0 amide bonds. The molecule has 0 aliphatic heterocycles. The molecule has 0 bridgehead atoms. The summed E-state index contributed by atoms with van der Waals surface area (Å²) in [4.78, 5) is 10.6. The molecule has 1 atom stereocenters. The first-order chi connectivity index (χ1) is 7.45. The van der Waals surface area contributed by atoms with Gasteiger partial charge in [-0.25, -0.2) is 4.79 Å². The Labute approximate surface area is 110 Å². The molecule has 0 aromatic heterocycles. The minimum atomic E-state index is -1.01. The summed E-state index contributed by atoms with van der Waals surface area (Å²) in [5.74, 6) is 0.0728. The number of hydrogen-bond acceptors (Lipinski definition) is 3. The number of carboxylic acid groups (broad SMARTS) is 1. The van der Waals surface area contributed by atoms with Crippen LogP contribution >= 0.6 is 31.9 Å². The summed E-state index contributed by atoms with van der Waals surface area (Å²) in [6, 6.07) is 3.36. The molecule has 1 rings (SSSR count). The third-order valence-corrected chi connectivity index (χ3v) is 3.10. The number of hydrogen-bond donors (Lipinski definition) is 1. The lowest BCUT2D eigenvalue weighted by atomic mass is 10.3. The van der Waals surface area contributed by atoms with Gasteiger partial charge in [0.05, 0.1) is 16.1 Å². The second kappa shape index (κ2) is 5.54. The summed E-state index contributed by atoms with van der Waals surface area (Å²) in [6.45, 7) is 1.47. The van der Waals surface area contributed by atoms with E-state index in [4.69, 9.17) is 14.6 Å². The Morgan fingerprint density at radius 2 is 1.81 bits per heavy atom. The van der Waals surface area contributed by atoms with Crippen molar-refractivity contribution >= 4 is 37.8 Å². The average molecular weight is 354 g/mol. The first-order valence-electron chi connectivity index (χ1n) is 4.38. The van der Waals surface area contributed by atoms with Gasteiger partial charge >= 0.3 is 5.97 Å². The molecule has 1 aromatic carbocycles. The molecule has 0 heterocycles. The molecular formula is C10H10Br2O4. The number of ether oxygens (including phenoxy) is 2. The van der Waals surface area contributed by atoms with Crippen LogP contribution < -0.4 is 9.47 Å². The molecule has 0 fully saturated rings. The van der Waals surface area contributed by atoms with Crippen molar-refractivity contribution in [2.45, 2.75) is 13.0 Å². The van der Waals surface area contributed by atoms with E-state index in [9.17, 15) is 4.79 Å². The van der Waals surface area contributed by atoms with Gasteiger partial charge < -0.3 is 14.6 Å². The van der Waals surface area contributed by atoms with Crippen molar-refractivity contribution < 1.29 is 19.4 Å². The van der Waals surface area contributed by atoms with Crippen molar-refractivity contribution in [1.82, 2.24) is 0 Å². The van der Waals surface area contributed by atoms with Crippen LogP contribution in [-0.2, 0) is 4.79 Å². The maximum absolute atomic E-state index is 10.6. The van der Waals surface area contributed by atoms with E-state index in [2.05, 4.69) is 31.9 Å². The van der Waals surface area contributed by atoms with Crippen molar-refractivity contribution in [3.05, 3.63) is 21.1 Å². The summed E-state index contributed by atoms with van der Waals surface area (Å²) in [5, 5.41) is 8.73. The van der Waals surface area contributed by atoms with E-state index >= 15 is 0 Å². The van der Waals surface area contributed by atoms with Gasteiger partial charge in [-0.1, -0.05) is 0 Å². The van der Waals surface area contributed by atoms with Crippen LogP contribution in [0.2, 0.25) is 0 Å². The number of benzene rings is 1. The zero-order valence-electron chi connectivity index (χ0n) is 8.66. The first-order valence-corrected chi connectivity index (χ1v) is 5.96. The molecule has 0 saturated carbocycles. The molecule has 0 radical (unpaired) electrons. The lowest BCUT2D eigenvalue weighted by Gasteiger charge is -2.13. The van der Waals surface area contributed by atoms with E-state index < -0.39 is 12.1 Å². The standard InChI is InChI=1S/C10H10Br2O4/c1-5(10(13)14)16-9-4-6(11)8(15-2)3-7(9)12/h3-5H,1-2H3,(H,13,14). The maximum atomic E-state index is 10.6. The molecule has 1 N–H and O–H groups in total. The Balaban J connectivity index is 2.98. The van der Waals surface area contributed by atoms with Gasteiger partial charge in [0.2, 0.25) is 0 Å². The minimum absolute atomic E-state index is 0.447. The van der Waals surface area contributed by atoms with Crippen LogP contribution in [0, 0.1) is 0 Å². The molecule has 16 heavy (non-hydrogen) atoms. The fourth-order valence-corrected chi connectivity index (χ4v) is 1.90. The van der Waals surface area contributed by atoms with Gasteiger partial charge in [-0.15, -0.1) is 0 Å². The van der Waals surface area contributed by atoms with Gasteiger partial charge in [-0.3, -0.25) is 0 Å². The monoisotopic (exact) mass is 352 g/mol. The van der Waals surface area contributed by atoms with Gasteiger partial charge in [0, 0.05) is 0 Å². The maximum Gasteiger partial charge on any atom is 0.344 e. The van der Waals surface area contributed by atoms with E-state index in [-0.39, 0.29) is 0 Å². The van der Waals surface area contributed by atoms with Crippen LogP contribution in [0.15, 0.2) is 21.1 Å². The zero-order chi connectivity index (χ0) is 12.3. The lowest BCUT2D eigenvalue weighted by Crippen LogP contribution is -2.23. The molecule has 6 heteroatoms. The van der Waals surface area contributed by atoms with Crippen molar-refractivity contribution in [1.29, 1.82) is 0 Å². The second-order valence-electron chi connectivity index (χ2n) is 3.02. The van der Waals surface area contributed by atoms with Crippen molar-refractivity contribution in [2.24, 2.45) is 0 Å². The molecule has 1 aromatic rings. The number of rotatable bonds is 4. The highest BCUT2D eigenvalue weighted by molar-refractivity contribution is 9.11. The van der Waals surface area contributed by atoms with E-state index in [1.165, 1.54) is 6.92 Å². The van der Waals surface area contributed by atoms with Gasteiger partial charge in [0.15, 0.2) is 6.10 Å². The highest BCUT2D eigenvalue weighted by atomic mass is 79.9. The first kappa shape index (κ1) is 13.3. The fourth-order valence-electron chi connectivity index (χ4n) is 0.998. The van der Waals surface area contributed by atoms with E-state index in [1.807, 2.05) is 0 Å². The van der Waals surface area contributed by atoms with Crippen molar-refractivity contribution in [3.63, 3.8) is 0 Å². The Morgan fingerprint density at radius 3 is 2.31 bits per heavy atom. The molecule has 1 unspecified atom stereocenters. The van der Waals surface area contributed by atoms with Gasteiger partial charge in [-0.2, -0.15) is 0 Å². The number of aliphatic carboxylic acids is 1. The Morgan fingerprint density at radius 1 is 1.31 bits per heavy atom. The SMILES string of the molecule is COc1cc(Br)c(OC(C)C(=O)O)cc1Br. The summed E-state index contributed by atoms with van der Waals surface area (Å²) >= 11 is 6.58. The lowest BCUT2D eigenvalue weighted by molar-refractivity contribution is -0.144. The molecule has 88 valence electrons. The molecule has 0 spiro atoms. The van der Waals surface area contributed by atoms with Crippen LogP contribution in [0.25, 0.3) is 0 Å². The predicted octanol–water partition coefficient (Wildman–Crippen LogP) is 3.07. The van der Waals surface area contributed by atoms with Crippen LogP contribution in [-0.4, -0.2) is 24.3 Å². The smallest absolute Gasteiger partial charge is 0.344 e. The largest absolute Gasteiger partial charge is 0.496 e. The Hall–Kier alpha value is -0.750.